The van der Waals surface area contributed by atoms with Gasteiger partial charge in [-0.1, -0.05) is 103 Å². The predicted octanol–water partition coefficient (Wildman–Crippen LogP) is 9.66. The molecule has 42 heavy (non-hydrogen) atoms. The lowest BCUT2D eigenvalue weighted by molar-refractivity contribution is -0.114. The predicted molar refractivity (Wildman–Crippen MR) is 174 cm³/mol. The van der Waals surface area contributed by atoms with Crippen LogP contribution >= 0.6 is 0 Å². The van der Waals surface area contributed by atoms with Crippen LogP contribution in [-0.2, 0) is 16.0 Å². The maximum Gasteiger partial charge on any atom is 0.300 e. The molecule has 0 saturated heterocycles. The Hall–Kier alpha value is -2.04. The molecule has 6 saturated carbocycles. The van der Waals surface area contributed by atoms with Crippen LogP contribution in [0.5, 0.6) is 5.75 Å². The van der Waals surface area contributed by atoms with Crippen LogP contribution in [0.25, 0.3) is 0 Å². The minimum absolute atomic E-state index is 0.191. The van der Waals surface area contributed by atoms with E-state index in [1.54, 1.807) is 7.11 Å². The van der Waals surface area contributed by atoms with E-state index < -0.39 is 0 Å². The summed E-state index contributed by atoms with van der Waals surface area (Å²) in [5, 5.41) is 0. The number of benzene rings is 2. The molecule has 0 spiro atoms. The first-order chi connectivity index (χ1) is 20.1. The molecule has 3 nitrogen and oxygen atoms in total. The molecule has 6 aliphatic rings. The molecule has 0 aliphatic heterocycles. The topological polar surface area (TPSA) is 27.7 Å². The van der Waals surface area contributed by atoms with Gasteiger partial charge in [-0.2, -0.15) is 0 Å². The second kappa shape index (κ2) is 11.5. The van der Waals surface area contributed by atoms with Crippen LogP contribution in [0.1, 0.15) is 84.5 Å². The average molecular weight is 569 g/mol. The fourth-order valence-electron chi connectivity index (χ4n) is 10.1. The van der Waals surface area contributed by atoms with Gasteiger partial charge in [-0.15, -0.1) is 6.58 Å². The normalized spacial score (nSPS) is 35.2. The van der Waals surface area contributed by atoms with Gasteiger partial charge in [0.1, 0.15) is 11.9 Å². The van der Waals surface area contributed by atoms with Crippen LogP contribution in [0.15, 0.2) is 67.3 Å². The van der Waals surface area contributed by atoms with Crippen LogP contribution in [-0.4, -0.2) is 20.1 Å². The van der Waals surface area contributed by atoms with E-state index in [1.165, 1.54) is 31.2 Å². The lowest BCUT2D eigenvalue weighted by Crippen LogP contribution is -2.60. The number of rotatable bonds is 11. The van der Waals surface area contributed by atoms with E-state index >= 15 is 0 Å². The number of ether oxygens (including phenoxy) is 2. The molecule has 8 rings (SSSR count). The van der Waals surface area contributed by atoms with Gasteiger partial charge in [-0.3, -0.25) is 0 Å². The molecular weight excluding hydrogens is 515 g/mol. The van der Waals surface area contributed by atoms with Gasteiger partial charge in [-0.05, 0) is 94.1 Å². The third kappa shape index (κ3) is 5.09. The molecule has 226 valence electrons. The van der Waals surface area contributed by atoms with Crippen molar-refractivity contribution >= 4 is 6.92 Å². The van der Waals surface area contributed by atoms with Crippen molar-refractivity contribution in [1.82, 2.24) is 0 Å². The summed E-state index contributed by atoms with van der Waals surface area (Å²) in [6, 6.07) is 18.9. The van der Waals surface area contributed by atoms with E-state index in [0.29, 0.717) is 40.9 Å². The molecule has 0 amide bonds. The van der Waals surface area contributed by atoms with Gasteiger partial charge in [0, 0.05) is 0 Å². The standard InChI is InChI=1S/C38H53BO3/c1-9-35(41-23-26-15-17-30(40-8)18-16-26)36(27-13-11-10-12-14-27)42-39(33-21-28-19-31(24(33)2)37(28,4)5)34-22-29-20-32(25(34)3)38(29,6)7/h9-18,24-25,28-29,31-36H,1,19-23H2,2-8H3/t24-,25-,28+,29+,31-,32-,33-,34-,35-,36-/m0/s1. The summed E-state index contributed by atoms with van der Waals surface area (Å²) in [5.74, 6) is 6.62. The van der Waals surface area contributed by atoms with E-state index in [4.69, 9.17) is 14.1 Å². The van der Waals surface area contributed by atoms with E-state index in [2.05, 4.69) is 90.6 Å². The van der Waals surface area contributed by atoms with Gasteiger partial charge in [0.25, 0.3) is 0 Å². The maximum absolute atomic E-state index is 7.59. The van der Waals surface area contributed by atoms with Gasteiger partial charge in [0.05, 0.1) is 19.8 Å². The van der Waals surface area contributed by atoms with Crippen molar-refractivity contribution in [2.75, 3.05) is 7.11 Å². The Morgan fingerprint density at radius 2 is 1.38 bits per heavy atom. The molecule has 2 aromatic rings. The molecule has 0 unspecified atom stereocenters. The summed E-state index contributed by atoms with van der Waals surface area (Å²) in [6.07, 6.45) is 6.93. The molecule has 0 radical (unpaired) electrons. The summed E-state index contributed by atoms with van der Waals surface area (Å²) < 4.78 is 19.6. The molecule has 0 N–H and O–H groups in total. The first kappa shape index (κ1) is 30.0. The second-order valence-electron chi connectivity index (χ2n) is 15.5. The largest absolute Gasteiger partial charge is 0.497 e. The Labute approximate surface area is 255 Å². The first-order valence-corrected chi connectivity index (χ1v) is 16.6. The zero-order chi connectivity index (χ0) is 29.8. The highest BCUT2D eigenvalue weighted by Gasteiger charge is 2.63. The van der Waals surface area contributed by atoms with E-state index in [-0.39, 0.29) is 19.1 Å². The van der Waals surface area contributed by atoms with Gasteiger partial charge >= 0.3 is 6.92 Å². The highest BCUT2D eigenvalue weighted by atomic mass is 16.5. The minimum atomic E-state index is -0.244. The smallest absolute Gasteiger partial charge is 0.300 e. The lowest BCUT2D eigenvalue weighted by atomic mass is 9.27. The maximum atomic E-state index is 7.59. The molecule has 4 heteroatoms. The van der Waals surface area contributed by atoms with Crippen molar-refractivity contribution in [1.29, 1.82) is 0 Å². The second-order valence-corrected chi connectivity index (χ2v) is 15.5. The van der Waals surface area contributed by atoms with Crippen molar-refractivity contribution in [3.8, 4) is 5.75 Å². The monoisotopic (exact) mass is 568 g/mol. The third-order valence-corrected chi connectivity index (χ3v) is 13.2. The van der Waals surface area contributed by atoms with Crippen molar-refractivity contribution < 1.29 is 14.1 Å². The Kier molecular flexibility index (Phi) is 8.20. The highest BCUT2D eigenvalue weighted by molar-refractivity contribution is 6.55. The van der Waals surface area contributed by atoms with Gasteiger partial charge in [-0.25, -0.2) is 0 Å². The molecule has 10 atom stereocenters. The van der Waals surface area contributed by atoms with Crippen LogP contribution in [0.4, 0.5) is 0 Å². The average Bonchev–Trinajstić information content (AvgIpc) is 2.99. The zero-order valence-electron chi connectivity index (χ0n) is 27.1. The quantitative estimate of drug-likeness (QED) is 0.200. The van der Waals surface area contributed by atoms with Crippen molar-refractivity contribution in [2.45, 2.75) is 97.7 Å². The van der Waals surface area contributed by atoms with Crippen molar-refractivity contribution in [2.24, 2.45) is 46.3 Å². The van der Waals surface area contributed by atoms with E-state index in [9.17, 15) is 0 Å². The molecule has 6 fully saturated rings. The van der Waals surface area contributed by atoms with Crippen LogP contribution < -0.4 is 4.74 Å². The van der Waals surface area contributed by atoms with Gasteiger partial charge in [0.15, 0.2) is 0 Å². The first-order valence-electron chi connectivity index (χ1n) is 16.6. The molecule has 0 heterocycles. The van der Waals surface area contributed by atoms with E-state index in [1.807, 2.05) is 18.2 Å². The van der Waals surface area contributed by atoms with Gasteiger partial charge < -0.3 is 14.1 Å². The van der Waals surface area contributed by atoms with Crippen LogP contribution in [0.2, 0.25) is 11.6 Å². The highest BCUT2D eigenvalue weighted by Crippen LogP contribution is 2.69. The Morgan fingerprint density at radius 1 is 0.833 bits per heavy atom. The minimum Gasteiger partial charge on any atom is -0.497 e. The van der Waals surface area contributed by atoms with Crippen LogP contribution in [0.3, 0.4) is 0 Å². The number of fused-ring (bicyclic) bond motifs is 4. The van der Waals surface area contributed by atoms with Crippen molar-refractivity contribution in [3.05, 3.63) is 78.4 Å². The SMILES string of the molecule is C=C[C@H](OCc1ccc(OC)cc1)[C@@H](OB([C@H]1C[C@H]2C[C@@H]([C@@H]1C)C2(C)C)[C@H]1C[C@H]2C[C@@H]([C@@H]1C)C2(C)C)c1ccccc1. The summed E-state index contributed by atoms with van der Waals surface area (Å²) in [7, 11) is 1.70. The summed E-state index contributed by atoms with van der Waals surface area (Å²) in [5.41, 5.74) is 3.24. The Bertz CT molecular complexity index is 1180. The zero-order valence-corrected chi connectivity index (χ0v) is 27.1. The third-order valence-electron chi connectivity index (χ3n) is 13.2. The number of hydrogen-bond acceptors (Lipinski definition) is 3. The molecule has 0 aromatic heterocycles. The van der Waals surface area contributed by atoms with Gasteiger partial charge in [0.2, 0.25) is 0 Å². The Balaban J connectivity index is 1.30. The van der Waals surface area contributed by atoms with Crippen LogP contribution in [0, 0.1) is 46.3 Å². The van der Waals surface area contributed by atoms with E-state index in [0.717, 1.165) is 35.0 Å². The summed E-state index contributed by atoms with van der Waals surface area (Å²) in [6.45, 7) is 20.2. The molecule has 4 bridgehead atoms. The number of hydrogen-bond donors (Lipinski definition) is 0. The number of methoxy groups -OCH3 is 1. The summed E-state index contributed by atoms with van der Waals surface area (Å²) >= 11 is 0. The summed E-state index contributed by atoms with van der Waals surface area (Å²) in [4.78, 5) is 0. The lowest BCUT2D eigenvalue weighted by Gasteiger charge is -2.66. The Morgan fingerprint density at radius 3 is 1.83 bits per heavy atom. The fraction of sp³-hybridized carbons (Fsp3) is 0.632. The molecule has 6 aliphatic carbocycles. The van der Waals surface area contributed by atoms with Crippen molar-refractivity contribution in [3.63, 3.8) is 0 Å². The molecular formula is C38H53BO3. The molecule has 2 aromatic carbocycles. The fourth-order valence-corrected chi connectivity index (χ4v) is 10.1.